The highest BCUT2D eigenvalue weighted by Gasteiger charge is 2.22. The SMILES string of the molecule is CCc1nc2ncnn2c(CC(C)C)c1-c1c(F)cccc1Cl. The maximum Gasteiger partial charge on any atom is 0.252 e. The van der Waals surface area contributed by atoms with Crippen LogP contribution >= 0.6 is 11.6 Å². The molecule has 0 N–H and O–H groups in total. The zero-order valence-corrected chi connectivity index (χ0v) is 14.1. The molecule has 3 aromatic rings. The van der Waals surface area contributed by atoms with Crippen LogP contribution in [0.4, 0.5) is 4.39 Å². The van der Waals surface area contributed by atoms with E-state index in [0.717, 1.165) is 23.4 Å². The van der Waals surface area contributed by atoms with E-state index in [-0.39, 0.29) is 5.82 Å². The van der Waals surface area contributed by atoms with E-state index in [9.17, 15) is 4.39 Å². The molecule has 4 nitrogen and oxygen atoms in total. The van der Waals surface area contributed by atoms with E-state index in [0.29, 0.717) is 28.7 Å². The van der Waals surface area contributed by atoms with Crippen molar-refractivity contribution in [2.24, 2.45) is 5.92 Å². The Morgan fingerprint density at radius 2 is 2.04 bits per heavy atom. The Morgan fingerprint density at radius 1 is 1.26 bits per heavy atom. The van der Waals surface area contributed by atoms with Crippen LogP contribution in [0, 0.1) is 11.7 Å². The Bertz CT molecular complexity index is 837. The van der Waals surface area contributed by atoms with Gasteiger partial charge >= 0.3 is 0 Å². The minimum Gasteiger partial charge on any atom is -0.215 e. The van der Waals surface area contributed by atoms with Crippen LogP contribution in [0.15, 0.2) is 24.5 Å². The van der Waals surface area contributed by atoms with Gasteiger partial charge in [0, 0.05) is 11.1 Å². The van der Waals surface area contributed by atoms with E-state index >= 15 is 0 Å². The molecule has 2 heterocycles. The van der Waals surface area contributed by atoms with Crippen LogP contribution in [-0.2, 0) is 12.8 Å². The fraction of sp³-hybridized carbons (Fsp3) is 0.353. The predicted octanol–water partition coefficient (Wildman–Crippen LogP) is 4.34. The number of fused-ring (bicyclic) bond motifs is 1. The third kappa shape index (κ3) is 2.81. The Morgan fingerprint density at radius 3 is 2.70 bits per heavy atom. The molecule has 0 fully saturated rings. The first-order valence-corrected chi connectivity index (χ1v) is 8.06. The molecule has 0 aliphatic carbocycles. The molecule has 120 valence electrons. The van der Waals surface area contributed by atoms with E-state index < -0.39 is 0 Å². The van der Waals surface area contributed by atoms with E-state index in [1.54, 1.807) is 16.6 Å². The van der Waals surface area contributed by atoms with Gasteiger partial charge in [-0.1, -0.05) is 38.4 Å². The van der Waals surface area contributed by atoms with Gasteiger partial charge in [-0.3, -0.25) is 0 Å². The average Bonchev–Trinajstić information content (AvgIpc) is 2.96. The van der Waals surface area contributed by atoms with Crippen molar-refractivity contribution in [3.8, 4) is 11.1 Å². The van der Waals surface area contributed by atoms with Crippen molar-refractivity contribution in [2.75, 3.05) is 0 Å². The summed E-state index contributed by atoms with van der Waals surface area (Å²) in [5.41, 5.74) is 2.81. The smallest absolute Gasteiger partial charge is 0.215 e. The van der Waals surface area contributed by atoms with Gasteiger partial charge in [0.2, 0.25) is 0 Å². The maximum atomic E-state index is 14.5. The first kappa shape index (κ1) is 15.9. The summed E-state index contributed by atoms with van der Waals surface area (Å²) in [5.74, 6) is 0.561. The zero-order chi connectivity index (χ0) is 16.6. The van der Waals surface area contributed by atoms with E-state index in [1.165, 1.54) is 12.4 Å². The molecule has 0 bridgehead atoms. The highest BCUT2D eigenvalue weighted by molar-refractivity contribution is 6.33. The lowest BCUT2D eigenvalue weighted by molar-refractivity contribution is 0.613. The molecule has 0 atom stereocenters. The summed E-state index contributed by atoms with van der Waals surface area (Å²) in [6, 6.07) is 4.73. The van der Waals surface area contributed by atoms with Gasteiger partial charge in [-0.2, -0.15) is 10.1 Å². The van der Waals surface area contributed by atoms with Crippen molar-refractivity contribution < 1.29 is 4.39 Å². The summed E-state index contributed by atoms with van der Waals surface area (Å²) in [4.78, 5) is 8.73. The molecule has 0 amide bonds. The molecule has 0 saturated carbocycles. The highest BCUT2D eigenvalue weighted by atomic mass is 35.5. The number of aromatic nitrogens is 4. The fourth-order valence-electron chi connectivity index (χ4n) is 2.81. The highest BCUT2D eigenvalue weighted by Crippen LogP contribution is 2.36. The van der Waals surface area contributed by atoms with Gasteiger partial charge in [0.25, 0.3) is 5.78 Å². The van der Waals surface area contributed by atoms with E-state index in [2.05, 4.69) is 28.9 Å². The van der Waals surface area contributed by atoms with Crippen LogP contribution in [0.3, 0.4) is 0 Å². The van der Waals surface area contributed by atoms with Crippen LogP contribution in [0.2, 0.25) is 5.02 Å². The molecule has 0 radical (unpaired) electrons. The van der Waals surface area contributed by atoms with Crippen molar-refractivity contribution >= 4 is 17.4 Å². The summed E-state index contributed by atoms with van der Waals surface area (Å²) in [7, 11) is 0. The average molecular weight is 333 g/mol. The maximum absolute atomic E-state index is 14.5. The Balaban J connectivity index is 2.41. The Kier molecular flexibility index (Phi) is 4.31. The fourth-order valence-corrected chi connectivity index (χ4v) is 3.06. The predicted molar refractivity (Wildman–Crippen MR) is 89.1 cm³/mol. The number of hydrogen-bond acceptors (Lipinski definition) is 3. The van der Waals surface area contributed by atoms with Gasteiger partial charge in [-0.25, -0.2) is 13.9 Å². The lowest BCUT2D eigenvalue weighted by Crippen LogP contribution is -2.11. The van der Waals surface area contributed by atoms with Gasteiger partial charge < -0.3 is 0 Å². The van der Waals surface area contributed by atoms with Crippen LogP contribution in [0.25, 0.3) is 16.9 Å². The summed E-state index contributed by atoms with van der Waals surface area (Å²) in [6.45, 7) is 6.22. The van der Waals surface area contributed by atoms with Gasteiger partial charge in [0.1, 0.15) is 12.1 Å². The minimum atomic E-state index is -0.349. The second-order valence-electron chi connectivity index (χ2n) is 5.90. The van der Waals surface area contributed by atoms with Crippen LogP contribution in [0.5, 0.6) is 0 Å². The molecule has 0 aliphatic heterocycles. The zero-order valence-electron chi connectivity index (χ0n) is 13.3. The first-order valence-electron chi connectivity index (χ1n) is 7.68. The van der Waals surface area contributed by atoms with E-state index in [4.69, 9.17) is 11.6 Å². The molecule has 0 spiro atoms. The lowest BCUT2D eigenvalue weighted by Gasteiger charge is -2.17. The minimum absolute atomic E-state index is 0.349. The van der Waals surface area contributed by atoms with E-state index in [1.807, 2.05) is 6.92 Å². The number of nitrogens with zero attached hydrogens (tertiary/aromatic N) is 4. The van der Waals surface area contributed by atoms with Gasteiger partial charge in [0.05, 0.1) is 16.4 Å². The van der Waals surface area contributed by atoms with Crippen molar-refractivity contribution in [3.05, 3.63) is 46.8 Å². The Labute approximate surface area is 139 Å². The number of benzene rings is 1. The van der Waals surface area contributed by atoms with Crippen LogP contribution < -0.4 is 0 Å². The topological polar surface area (TPSA) is 43.1 Å². The summed E-state index contributed by atoms with van der Waals surface area (Å²) < 4.78 is 16.2. The van der Waals surface area contributed by atoms with Crippen molar-refractivity contribution in [3.63, 3.8) is 0 Å². The molecule has 1 aromatic carbocycles. The monoisotopic (exact) mass is 332 g/mol. The molecule has 0 unspecified atom stereocenters. The Hall–Kier alpha value is -2.01. The number of rotatable bonds is 4. The molecule has 0 saturated heterocycles. The summed E-state index contributed by atoms with van der Waals surface area (Å²) in [5, 5.41) is 4.65. The molecule has 23 heavy (non-hydrogen) atoms. The molecular weight excluding hydrogens is 315 g/mol. The van der Waals surface area contributed by atoms with Crippen LogP contribution in [0.1, 0.15) is 32.2 Å². The number of aryl methyl sites for hydroxylation is 1. The van der Waals surface area contributed by atoms with Gasteiger partial charge in [-0.05, 0) is 30.9 Å². The first-order chi connectivity index (χ1) is 11.0. The molecule has 0 aliphatic rings. The second kappa shape index (κ2) is 6.24. The molecular formula is C17H18ClFN4. The number of hydrogen-bond donors (Lipinski definition) is 0. The van der Waals surface area contributed by atoms with Crippen molar-refractivity contribution in [1.29, 1.82) is 0 Å². The molecule has 3 rings (SSSR count). The third-order valence-electron chi connectivity index (χ3n) is 3.75. The second-order valence-corrected chi connectivity index (χ2v) is 6.31. The largest absolute Gasteiger partial charge is 0.252 e. The lowest BCUT2D eigenvalue weighted by atomic mass is 9.95. The third-order valence-corrected chi connectivity index (χ3v) is 4.06. The quantitative estimate of drug-likeness (QED) is 0.713. The molecule has 2 aromatic heterocycles. The molecule has 6 heteroatoms. The van der Waals surface area contributed by atoms with Crippen molar-refractivity contribution in [2.45, 2.75) is 33.6 Å². The van der Waals surface area contributed by atoms with Gasteiger partial charge in [0.15, 0.2) is 0 Å². The summed E-state index contributed by atoms with van der Waals surface area (Å²) in [6.07, 6.45) is 2.86. The number of halogens is 2. The normalized spacial score (nSPS) is 11.6. The van der Waals surface area contributed by atoms with Crippen molar-refractivity contribution in [1.82, 2.24) is 19.6 Å². The standard InChI is InChI=1S/C17H18ClFN4/c1-4-13-16(15-11(18)6-5-7-12(15)19)14(8-10(2)3)23-17(22-13)20-9-21-23/h5-7,9-10H,4,8H2,1-3H3. The summed E-state index contributed by atoms with van der Waals surface area (Å²) >= 11 is 6.31. The van der Waals surface area contributed by atoms with Gasteiger partial charge in [-0.15, -0.1) is 0 Å². The van der Waals surface area contributed by atoms with Crippen LogP contribution in [-0.4, -0.2) is 19.6 Å².